The minimum Gasteiger partial charge on any atom is -0.387 e. The van der Waals surface area contributed by atoms with Gasteiger partial charge in [-0.25, -0.2) is 4.39 Å². The fraction of sp³-hybridized carbons (Fsp3) is 0.263. The molecular formula is C19H22FN3O3. The highest BCUT2D eigenvalue weighted by Crippen LogP contribution is 2.17. The summed E-state index contributed by atoms with van der Waals surface area (Å²) in [4.78, 5) is 25.5. The maximum atomic E-state index is 12.8. The highest BCUT2D eigenvalue weighted by Gasteiger charge is 2.15. The van der Waals surface area contributed by atoms with E-state index in [-0.39, 0.29) is 18.9 Å². The number of aliphatic hydroxyl groups is 1. The molecule has 2 aromatic rings. The number of rotatable bonds is 6. The average molecular weight is 359 g/mol. The Labute approximate surface area is 151 Å². The summed E-state index contributed by atoms with van der Waals surface area (Å²) in [6.07, 6.45) is -0.917. The zero-order valence-corrected chi connectivity index (χ0v) is 14.7. The monoisotopic (exact) mass is 359 g/mol. The SMILES string of the molecule is CN(C)c1ccc(C(O)CNC(=O)C(=O)NCc2ccc(F)cc2)cc1. The Morgan fingerprint density at radius 3 is 2.15 bits per heavy atom. The van der Waals surface area contributed by atoms with Crippen LogP contribution in [-0.2, 0) is 16.1 Å². The van der Waals surface area contributed by atoms with Gasteiger partial charge in [0.15, 0.2) is 0 Å². The summed E-state index contributed by atoms with van der Waals surface area (Å²) in [7, 11) is 3.83. The molecule has 2 rings (SSSR count). The van der Waals surface area contributed by atoms with Crippen molar-refractivity contribution < 1.29 is 19.1 Å². The molecule has 0 saturated carbocycles. The fourth-order valence-electron chi connectivity index (χ4n) is 2.25. The number of hydrogen-bond acceptors (Lipinski definition) is 4. The van der Waals surface area contributed by atoms with E-state index in [9.17, 15) is 19.1 Å². The standard InChI is InChI=1S/C19H22FN3O3/c1-23(2)16-9-5-14(6-10-16)17(24)12-22-19(26)18(25)21-11-13-3-7-15(20)8-4-13/h3-10,17,24H,11-12H2,1-2H3,(H,21,25)(H,22,26). The Kier molecular flexibility index (Phi) is 6.68. The summed E-state index contributed by atoms with van der Waals surface area (Å²) in [6, 6.07) is 12.8. The summed E-state index contributed by atoms with van der Waals surface area (Å²) < 4.78 is 12.8. The van der Waals surface area contributed by atoms with E-state index in [4.69, 9.17) is 0 Å². The van der Waals surface area contributed by atoms with E-state index in [2.05, 4.69) is 10.6 Å². The van der Waals surface area contributed by atoms with E-state index < -0.39 is 17.9 Å². The van der Waals surface area contributed by atoms with Crippen molar-refractivity contribution in [3.8, 4) is 0 Å². The molecule has 0 saturated heterocycles. The molecule has 2 amide bonds. The Balaban J connectivity index is 1.79. The van der Waals surface area contributed by atoms with Crippen LogP contribution in [0.3, 0.4) is 0 Å². The van der Waals surface area contributed by atoms with Crippen LogP contribution in [0.1, 0.15) is 17.2 Å². The van der Waals surface area contributed by atoms with Crippen molar-refractivity contribution in [1.82, 2.24) is 10.6 Å². The van der Waals surface area contributed by atoms with Crippen molar-refractivity contribution in [1.29, 1.82) is 0 Å². The van der Waals surface area contributed by atoms with Crippen molar-refractivity contribution >= 4 is 17.5 Å². The van der Waals surface area contributed by atoms with Crippen molar-refractivity contribution in [2.24, 2.45) is 0 Å². The van der Waals surface area contributed by atoms with Gasteiger partial charge >= 0.3 is 11.8 Å². The molecule has 0 aliphatic rings. The molecule has 0 radical (unpaired) electrons. The molecule has 0 aliphatic heterocycles. The molecule has 1 unspecified atom stereocenters. The summed E-state index contributed by atoms with van der Waals surface area (Å²) in [6.45, 7) is 0.0329. The quantitative estimate of drug-likeness (QED) is 0.680. The number of hydrogen-bond donors (Lipinski definition) is 3. The first-order valence-corrected chi connectivity index (χ1v) is 8.12. The number of carbonyl (C=O) groups excluding carboxylic acids is 2. The minimum absolute atomic E-state index is 0.0793. The second-order valence-electron chi connectivity index (χ2n) is 6.02. The van der Waals surface area contributed by atoms with Crippen LogP contribution in [0.25, 0.3) is 0 Å². The van der Waals surface area contributed by atoms with Gasteiger partial charge in [-0.15, -0.1) is 0 Å². The van der Waals surface area contributed by atoms with Crippen LogP contribution in [0, 0.1) is 5.82 Å². The lowest BCUT2D eigenvalue weighted by Gasteiger charge is -2.15. The molecule has 0 aliphatic carbocycles. The molecule has 1 atom stereocenters. The van der Waals surface area contributed by atoms with E-state index in [1.807, 2.05) is 31.1 Å². The van der Waals surface area contributed by atoms with E-state index in [1.165, 1.54) is 24.3 Å². The normalized spacial score (nSPS) is 11.5. The molecular weight excluding hydrogens is 337 g/mol. The average Bonchev–Trinajstić information content (AvgIpc) is 2.65. The molecule has 7 heteroatoms. The van der Waals surface area contributed by atoms with E-state index in [1.54, 1.807) is 12.1 Å². The number of nitrogens with zero attached hydrogens (tertiary/aromatic N) is 1. The number of carbonyl (C=O) groups is 2. The Morgan fingerprint density at radius 2 is 1.58 bits per heavy atom. The minimum atomic E-state index is -0.917. The van der Waals surface area contributed by atoms with Crippen LogP contribution >= 0.6 is 0 Å². The lowest BCUT2D eigenvalue weighted by Crippen LogP contribution is -2.41. The molecule has 0 spiro atoms. The van der Waals surface area contributed by atoms with Crippen LogP contribution < -0.4 is 15.5 Å². The van der Waals surface area contributed by atoms with Crippen molar-refractivity contribution in [2.75, 3.05) is 25.5 Å². The van der Waals surface area contributed by atoms with Crippen LogP contribution in [0.2, 0.25) is 0 Å². The van der Waals surface area contributed by atoms with Gasteiger partial charge in [-0.2, -0.15) is 0 Å². The van der Waals surface area contributed by atoms with Crippen LogP contribution in [0.5, 0.6) is 0 Å². The van der Waals surface area contributed by atoms with Crippen LogP contribution in [0.4, 0.5) is 10.1 Å². The second kappa shape index (κ2) is 8.96. The highest BCUT2D eigenvalue weighted by atomic mass is 19.1. The molecule has 26 heavy (non-hydrogen) atoms. The molecule has 6 nitrogen and oxygen atoms in total. The second-order valence-corrected chi connectivity index (χ2v) is 6.02. The van der Waals surface area contributed by atoms with Crippen LogP contribution in [-0.4, -0.2) is 37.6 Å². The van der Waals surface area contributed by atoms with Gasteiger partial charge < -0.3 is 20.6 Å². The third kappa shape index (κ3) is 5.56. The lowest BCUT2D eigenvalue weighted by atomic mass is 10.1. The van der Waals surface area contributed by atoms with Crippen LogP contribution in [0.15, 0.2) is 48.5 Å². The first-order valence-electron chi connectivity index (χ1n) is 8.12. The van der Waals surface area contributed by atoms with Gasteiger partial charge in [-0.3, -0.25) is 9.59 Å². The fourth-order valence-corrected chi connectivity index (χ4v) is 2.25. The lowest BCUT2D eigenvalue weighted by molar-refractivity contribution is -0.139. The maximum absolute atomic E-state index is 12.8. The molecule has 2 aromatic carbocycles. The predicted molar refractivity (Wildman–Crippen MR) is 97.0 cm³/mol. The van der Waals surface area contributed by atoms with Gasteiger partial charge in [-0.1, -0.05) is 24.3 Å². The topological polar surface area (TPSA) is 81.7 Å². The van der Waals surface area contributed by atoms with Gasteiger partial charge in [0.25, 0.3) is 0 Å². The van der Waals surface area contributed by atoms with Gasteiger partial charge in [0.05, 0.1) is 6.10 Å². The number of anilines is 1. The summed E-state index contributed by atoms with van der Waals surface area (Å²) in [5.74, 6) is -2.02. The van der Waals surface area contributed by atoms with E-state index >= 15 is 0 Å². The number of halogens is 1. The molecule has 0 aromatic heterocycles. The Bertz CT molecular complexity index is 746. The molecule has 0 bridgehead atoms. The Hall–Kier alpha value is -2.93. The Morgan fingerprint density at radius 1 is 1.00 bits per heavy atom. The zero-order chi connectivity index (χ0) is 19.1. The smallest absolute Gasteiger partial charge is 0.309 e. The molecule has 0 fully saturated rings. The van der Waals surface area contributed by atoms with E-state index in [0.29, 0.717) is 11.1 Å². The van der Waals surface area contributed by atoms with Gasteiger partial charge in [-0.05, 0) is 35.4 Å². The summed E-state index contributed by atoms with van der Waals surface area (Å²) in [5, 5.41) is 15.0. The molecule has 0 heterocycles. The summed E-state index contributed by atoms with van der Waals surface area (Å²) >= 11 is 0. The predicted octanol–water partition coefficient (Wildman–Crippen LogP) is 1.36. The highest BCUT2D eigenvalue weighted by molar-refractivity contribution is 6.35. The van der Waals surface area contributed by atoms with Crippen molar-refractivity contribution in [2.45, 2.75) is 12.6 Å². The number of amides is 2. The van der Waals surface area contributed by atoms with Gasteiger partial charge in [0.2, 0.25) is 0 Å². The number of nitrogens with one attached hydrogen (secondary N) is 2. The molecule has 138 valence electrons. The maximum Gasteiger partial charge on any atom is 0.309 e. The third-order valence-corrected chi connectivity index (χ3v) is 3.82. The summed E-state index contributed by atoms with van der Waals surface area (Å²) in [5.41, 5.74) is 2.31. The zero-order valence-electron chi connectivity index (χ0n) is 14.7. The number of aliphatic hydroxyl groups excluding tert-OH is 1. The first-order chi connectivity index (χ1) is 12.4. The largest absolute Gasteiger partial charge is 0.387 e. The van der Waals surface area contributed by atoms with E-state index in [0.717, 1.165) is 5.69 Å². The number of benzene rings is 2. The van der Waals surface area contributed by atoms with Crippen molar-refractivity contribution in [3.63, 3.8) is 0 Å². The first kappa shape index (κ1) is 19.4. The third-order valence-electron chi connectivity index (χ3n) is 3.82. The van der Waals surface area contributed by atoms with Gasteiger partial charge in [0, 0.05) is 32.9 Å². The van der Waals surface area contributed by atoms with Crippen molar-refractivity contribution in [3.05, 3.63) is 65.5 Å². The van der Waals surface area contributed by atoms with Gasteiger partial charge in [0.1, 0.15) is 5.82 Å². The molecule has 3 N–H and O–H groups in total.